The Bertz CT molecular complexity index is 1540. The molecular formula is C30H33NSSi. The van der Waals surface area contributed by atoms with Crippen molar-refractivity contribution in [2.75, 3.05) is 0 Å². The Morgan fingerprint density at radius 1 is 0.788 bits per heavy atom. The van der Waals surface area contributed by atoms with Crippen LogP contribution >= 0.6 is 11.3 Å². The Morgan fingerprint density at radius 2 is 1.48 bits per heavy atom. The highest BCUT2D eigenvalue weighted by Crippen LogP contribution is 2.41. The zero-order valence-corrected chi connectivity index (χ0v) is 22.9. The highest BCUT2D eigenvalue weighted by Gasteiger charge is 2.23. The smallest absolute Gasteiger partial charge is 0.0880 e. The largest absolute Gasteiger partial charge is 0.255 e. The van der Waals surface area contributed by atoms with Crippen molar-refractivity contribution in [3.63, 3.8) is 0 Å². The van der Waals surface area contributed by atoms with Crippen LogP contribution in [0, 0.1) is 13.8 Å². The lowest BCUT2D eigenvalue weighted by Crippen LogP contribution is -2.37. The average molecular weight is 468 g/mol. The second-order valence-electron chi connectivity index (χ2n) is 11.5. The summed E-state index contributed by atoms with van der Waals surface area (Å²) >= 11 is 1.93. The predicted octanol–water partition coefficient (Wildman–Crippen LogP) is 8.73. The van der Waals surface area contributed by atoms with E-state index in [1.807, 2.05) is 17.5 Å². The molecule has 0 bridgehead atoms. The predicted molar refractivity (Wildman–Crippen MR) is 151 cm³/mol. The summed E-state index contributed by atoms with van der Waals surface area (Å²) in [6.07, 6.45) is 1.99. The maximum atomic E-state index is 4.96. The summed E-state index contributed by atoms with van der Waals surface area (Å²) in [5, 5.41) is 6.92. The van der Waals surface area contributed by atoms with Gasteiger partial charge in [0, 0.05) is 27.2 Å². The fourth-order valence-electron chi connectivity index (χ4n) is 4.91. The molecule has 0 atom stereocenters. The molecule has 0 spiro atoms. The second-order valence-corrected chi connectivity index (χ2v) is 17.6. The molecule has 2 heterocycles. The van der Waals surface area contributed by atoms with Crippen molar-refractivity contribution in [1.29, 1.82) is 0 Å². The van der Waals surface area contributed by atoms with E-state index in [0.29, 0.717) is 0 Å². The standard InChI is InChI=1S/C30H33NSSi/c1-18-14-20-16-21(17-25(30(3,4)5)24(20)15-19(18)2)27-29-23(12-13-31-27)22-10-9-11-26(28(22)32-29)33(6,7)8/h9-17H,1-8H3. The van der Waals surface area contributed by atoms with Crippen LogP contribution < -0.4 is 5.19 Å². The van der Waals surface area contributed by atoms with Crippen molar-refractivity contribution in [1.82, 2.24) is 4.98 Å². The lowest BCUT2D eigenvalue weighted by Gasteiger charge is -2.23. The van der Waals surface area contributed by atoms with Crippen molar-refractivity contribution in [2.45, 2.75) is 59.7 Å². The van der Waals surface area contributed by atoms with Crippen LogP contribution in [0.5, 0.6) is 0 Å². The molecule has 1 nitrogen and oxygen atoms in total. The molecule has 168 valence electrons. The van der Waals surface area contributed by atoms with Crippen molar-refractivity contribution < 1.29 is 0 Å². The number of aryl methyl sites for hydroxylation is 2. The minimum atomic E-state index is -1.45. The number of hydrogen-bond acceptors (Lipinski definition) is 2. The van der Waals surface area contributed by atoms with Crippen LogP contribution in [0.3, 0.4) is 0 Å². The van der Waals surface area contributed by atoms with E-state index in [9.17, 15) is 0 Å². The zero-order valence-electron chi connectivity index (χ0n) is 21.1. The summed E-state index contributed by atoms with van der Waals surface area (Å²) < 4.78 is 2.76. The van der Waals surface area contributed by atoms with Gasteiger partial charge in [0.1, 0.15) is 0 Å². The van der Waals surface area contributed by atoms with E-state index >= 15 is 0 Å². The topological polar surface area (TPSA) is 12.9 Å². The molecular weight excluding hydrogens is 434 g/mol. The number of thiophene rings is 1. The van der Waals surface area contributed by atoms with Gasteiger partial charge in [0.2, 0.25) is 0 Å². The first-order chi connectivity index (χ1) is 15.4. The van der Waals surface area contributed by atoms with Gasteiger partial charge in [0.05, 0.1) is 18.5 Å². The van der Waals surface area contributed by atoms with Crippen LogP contribution in [0.15, 0.2) is 54.7 Å². The molecule has 0 aliphatic carbocycles. The normalized spacial score (nSPS) is 12.8. The Morgan fingerprint density at radius 3 is 2.18 bits per heavy atom. The quantitative estimate of drug-likeness (QED) is 0.236. The van der Waals surface area contributed by atoms with Crippen molar-refractivity contribution in [3.05, 3.63) is 71.4 Å². The number of fused-ring (bicyclic) bond motifs is 4. The van der Waals surface area contributed by atoms with E-state index < -0.39 is 8.07 Å². The molecule has 0 unspecified atom stereocenters. The van der Waals surface area contributed by atoms with Gasteiger partial charge >= 0.3 is 0 Å². The Kier molecular flexibility index (Phi) is 5.08. The molecule has 3 aromatic carbocycles. The van der Waals surface area contributed by atoms with E-state index in [1.54, 1.807) is 5.19 Å². The van der Waals surface area contributed by atoms with Gasteiger partial charge in [-0.25, -0.2) is 0 Å². The highest BCUT2D eigenvalue weighted by atomic mass is 32.1. The van der Waals surface area contributed by atoms with Crippen LogP contribution in [0.1, 0.15) is 37.5 Å². The molecule has 0 amide bonds. The first kappa shape index (κ1) is 22.3. The van der Waals surface area contributed by atoms with Crippen LogP contribution in [0.25, 0.3) is 42.2 Å². The first-order valence-electron chi connectivity index (χ1n) is 11.8. The Hall–Kier alpha value is -2.49. The Balaban J connectivity index is 1.86. The van der Waals surface area contributed by atoms with Gasteiger partial charge in [-0.2, -0.15) is 0 Å². The van der Waals surface area contributed by atoms with Gasteiger partial charge in [-0.3, -0.25) is 4.98 Å². The number of hydrogen-bond donors (Lipinski definition) is 0. The van der Waals surface area contributed by atoms with E-state index in [0.717, 1.165) is 5.69 Å². The minimum Gasteiger partial charge on any atom is -0.255 e. The van der Waals surface area contributed by atoms with Crippen LogP contribution in [0.4, 0.5) is 0 Å². The van der Waals surface area contributed by atoms with E-state index in [-0.39, 0.29) is 5.41 Å². The van der Waals surface area contributed by atoms with Crippen molar-refractivity contribution in [3.8, 4) is 11.3 Å². The molecule has 0 aliphatic heterocycles. The second kappa shape index (κ2) is 7.51. The van der Waals surface area contributed by atoms with E-state index in [2.05, 4.69) is 103 Å². The molecule has 0 saturated heterocycles. The zero-order chi connectivity index (χ0) is 23.7. The van der Waals surface area contributed by atoms with Crippen LogP contribution in [-0.4, -0.2) is 13.1 Å². The monoisotopic (exact) mass is 467 g/mol. The third kappa shape index (κ3) is 3.72. The molecule has 33 heavy (non-hydrogen) atoms. The van der Waals surface area contributed by atoms with Gasteiger partial charge < -0.3 is 0 Å². The summed E-state index contributed by atoms with van der Waals surface area (Å²) in [7, 11) is -1.45. The molecule has 0 radical (unpaired) electrons. The van der Waals surface area contributed by atoms with Crippen molar-refractivity contribution in [2.24, 2.45) is 0 Å². The van der Waals surface area contributed by atoms with Crippen LogP contribution in [0.2, 0.25) is 19.6 Å². The third-order valence-corrected chi connectivity index (χ3v) is 10.3. The lowest BCUT2D eigenvalue weighted by atomic mass is 9.81. The van der Waals surface area contributed by atoms with Crippen molar-refractivity contribution >= 4 is 55.5 Å². The molecule has 0 N–H and O–H groups in total. The van der Waals surface area contributed by atoms with Gasteiger partial charge in [-0.15, -0.1) is 11.3 Å². The molecule has 0 saturated carbocycles. The van der Waals surface area contributed by atoms with Gasteiger partial charge in [-0.05, 0) is 70.1 Å². The number of rotatable bonds is 2. The fraction of sp³-hybridized carbons (Fsp3) is 0.300. The molecule has 0 aliphatic rings. The van der Waals surface area contributed by atoms with Crippen LogP contribution in [-0.2, 0) is 5.41 Å². The summed E-state index contributed by atoms with van der Waals surface area (Å²) in [4.78, 5) is 4.96. The average Bonchev–Trinajstić information content (AvgIpc) is 3.11. The number of nitrogens with zero attached hydrogens (tertiary/aromatic N) is 1. The summed E-state index contributed by atoms with van der Waals surface area (Å²) in [6.45, 7) is 18.7. The van der Waals surface area contributed by atoms with Gasteiger partial charge in [0.25, 0.3) is 0 Å². The summed E-state index contributed by atoms with van der Waals surface area (Å²) in [6, 6.07) is 18.5. The van der Waals surface area contributed by atoms with E-state index in [4.69, 9.17) is 4.98 Å². The number of benzene rings is 3. The minimum absolute atomic E-state index is 0.0506. The Labute approximate surface area is 202 Å². The highest BCUT2D eigenvalue weighted by molar-refractivity contribution is 7.28. The molecule has 5 rings (SSSR count). The SMILES string of the molecule is Cc1cc2cc(-c3nccc4c3sc3c([Si](C)(C)C)cccc34)cc(C(C)(C)C)c2cc1C. The van der Waals surface area contributed by atoms with Gasteiger partial charge in [0.15, 0.2) is 0 Å². The summed E-state index contributed by atoms with van der Waals surface area (Å²) in [5.74, 6) is 0. The lowest BCUT2D eigenvalue weighted by molar-refractivity contribution is 0.596. The third-order valence-electron chi connectivity index (χ3n) is 6.87. The molecule has 2 aromatic heterocycles. The molecule has 0 fully saturated rings. The number of pyridine rings is 1. The number of aromatic nitrogens is 1. The first-order valence-corrected chi connectivity index (χ1v) is 16.1. The molecule has 3 heteroatoms. The summed E-state index contributed by atoms with van der Waals surface area (Å²) in [5.41, 5.74) is 6.47. The maximum Gasteiger partial charge on any atom is 0.0880 e. The van der Waals surface area contributed by atoms with Gasteiger partial charge in [-0.1, -0.05) is 70.7 Å². The fourth-order valence-corrected chi connectivity index (χ4v) is 8.62. The van der Waals surface area contributed by atoms with E-state index in [1.165, 1.54) is 53.2 Å². The molecule has 5 aromatic rings. The maximum absolute atomic E-state index is 4.96.